The first-order chi connectivity index (χ1) is 15.6. The molecule has 5 heterocycles. The van der Waals surface area contributed by atoms with Crippen molar-refractivity contribution in [3.05, 3.63) is 36.0 Å². The van der Waals surface area contributed by atoms with Gasteiger partial charge in [-0.1, -0.05) is 6.07 Å². The molecule has 172 valence electrons. The molecule has 3 aliphatic heterocycles. The van der Waals surface area contributed by atoms with E-state index in [1.807, 2.05) is 12.3 Å². The molecular weight excluding hydrogens is 396 g/mol. The molecule has 0 N–H and O–H groups in total. The molecule has 0 bridgehead atoms. The van der Waals surface area contributed by atoms with Crippen molar-refractivity contribution < 1.29 is 0 Å². The van der Waals surface area contributed by atoms with Crippen LogP contribution < -0.4 is 19.6 Å². The second-order valence-electron chi connectivity index (χ2n) is 9.91. The van der Waals surface area contributed by atoms with Crippen LogP contribution in [0.5, 0.6) is 0 Å². The molecule has 2 aromatic heterocycles. The molecule has 3 aliphatic rings. The minimum Gasteiger partial charge on any atom is -0.365 e. The zero-order chi connectivity index (χ0) is 22.1. The summed E-state index contributed by atoms with van der Waals surface area (Å²) in [6, 6.07) is 9.90. The van der Waals surface area contributed by atoms with Gasteiger partial charge < -0.3 is 19.6 Å². The predicted octanol–water partition coefficient (Wildman–Crippen LogP) is 4.48. The molecule has 3 saturated heterocycles. The summed E-state index contributed by atoms with van der Waals surface area (Å²) in [7, 11) is 0. The Morgan fingerprint density at radius 2 is 1.62 bits per heavy atom. The van der Waals surface area contributed by atoms with E-state index in [0.29, 0.717) is 12.1 Å². The monoisotopic (exact) mass is 434 g/mol. The van der Waals surface area contributed by atoms with E-state index in [1.54, 1.807) is 0 Å². The number of anilines is 4. The second kappa shape index (κ2) is 9.16. The Morgan fingerprint density at radius 3 is 2.34 bits per heavy atom. The summed E-state index contributed by atoms with van der Waals surface area (Å²) in [5, 5.41) is 0. The summed E-state index contributed by atoms with van der Waals surface area (Å²) in [6.07, 6.45) is 8.35. The van der Waals surface area contributed by atoms with E-state index in [2.05, 4.69) is 63.6 Å². The van der Waals surface area contributed by atoms with Crippen molar-refractivity contribution in [2.24, 2.45) is 0 Å². The molecule has 0 saturated carbocycles. The average molecular weight is 435 g/mol. The van der Waals surface area contributed by atoms with Gasteiger partial charge >= 0.3 is 0 Å². The molecule has 0 aliphatic carbocycles. The lowest BCUT2D eigenvalue weighted by Crippen LogP contribution is -2.52. The summed E-state index contributed by atoms with van der Waals surface area (Å²) in [4.78, 5) is 19.9. The van der Waals surface area contributed by atoms with Crippen LogP contribution in [0.2, 0.25) is 0 Å². The van der Waals surface area contributed by atoms with E-state index in [4.69, 9.17) is 4.98 Å². The van der Waals surface area contributed by atoms with Crippen LogP contribution in [-0.4, -0.2) is 61.3 Å². The number of aromatic nitrogens is 2. The number of piperazine rings is 1. The number of pyridine rings is 2. The minimum absolute atomic E-state index is 0.422. The van der Waals surface area contributed by atoms with E-state index >= 15 is 0 Å². The first-order valence-corrected chi connectivity index (χ1v) is 12.6. The van der Waals surface area contributed by atoms with E-state index in [0.717, 1.165) is 45.1 Å². The zero-order valence-electron chi connectivity index (χ0n) is 20.0. The standard InChI is InChI=1S/C26H38N6/c1-20-9-7-11-27-26(20)30-15-16-31(22(3)19-30)23-17-24(29-12-5-4-6-13-29)28-25(18-23)32-14-8-10-21(32)2/h7,9,11,17-18,21-22H,4-6,8,10,12-16,19H2,1-3H3. The lowest BCUT2D eigenvalue weighted by atomic mass is 10.1. The van der Waals surface area contributed by atoms with Crippen molar-refractivity contribution in [1.29, 1.82) is 0 Å². The largest absolute Gasteiger partial charge is 0.365 e. The molecule has 6 heteroatoms. The minimum atomic E-state index is 0.422. The molecule has 32 heavy (non-hydrogen) atoms. The molecule has 2 atom stereocenters. The molecule has 0 amide bonds. The van der Waals surface area contributed by atoms with Crippen LogP contribution in [0.1, 0.15) is 51.5 Å². The van der Waals surface area contributed by atoms with Gasteiger partial charge in [0.25, 0.3) is 0 Å². The molecule has 6 nitrogen and oxygen atoms in total. The number of rotatable bonds is 4. The Kier molecular flexibility index (Phi) is 6.11. The fraction of sp³-hybridized carbons (Fsp3) is 0.615. The first-order valence-electron chi connectivity index (χ1n) is 12.6. The van der Waals surface area contributed by atoms with Crippen LogP contribution >= 0.6 is 0 Å². The molecule has 0 radical (unpaired) electrons. The highest BCUT2D eigenvalue weighted by atomic mass is 15.3. The number of hydrogen-bond acceptors (Lipinski definition) is 6. The number of nitrogens with zero attached hydrogens (tertiary/aromatic N) is 6. The third kappa shape index (κ3) is 4.24. The van der Waals surface area contributed by atoms with Crippen molar-refractivity contribution in [2.45, 2.75) is 65.0 Å². The van der Waals surface area contributed by atoms with Crippen LogP contribution in [-0.2, 0) is 0 Å². The maximum atomic E-state index is 5.19. The van der Waals surface area contributed by atoms with Gasteiger partial charge in [-0.2, -0.15) is 0 Å². The summed E-state index contributed by atoms with van der Waals surface area (Å²) >= 11 is 0. The normalized spacial score (nSPS) is 24.3. The van der Waals surface area contributed by atoms with Gasteiger partial charge in [-0.3, -0.25) is 0 Å². The van der Waals surface area contributed by atoms with Gasteiger partial charge in [0.15, 0.2) is 0 Å². The van der Waals surface area contributed by atoms with Gasteiger partial charge in [-0.05, 0) is 64.5 Å². The highest BCUT2D eigenvalue weighted by molar-refractivity contribution is 5.65. The van der Waals surface area contributed by atoms with Crippen LogP contribution in [0.15, 0.2) is 30.5 Å². The van der Waals surface area contributed by atoms with Crippen molar-refractivity contribution in [3.63, 3.8) is 0 Å². The quantitative estimate of drug-likeness (QED) is 0.707. The predicted molar refractivity (Wildman–Crippen MR) is 134 cm³/mol. The van der Waals surface area contributed by atoms with Gasteiger partial charge in [0, 0.05) is 75.4 Å². The highest BCUT2D eigenvalue weighted by Gasteiger charge is 2.29. The van der Waals surface area contributed by atoms with Crippen LogP contribution in [0.25, 0.3) is 0 Å². The van der Waals surface area contributed by atoms with Crippen molar-refractivity contribution in [3.8, 4) is 0 Å². The van der Waals surface area contributed by atoms with Crippen molar-refractivity contribution in [2.75, 3.05) is 58.9 Å². The average Bonchev–Trinajstić information content (AvgIpc) is 3.25. The smallest absolute Gasteiger partial charge is 0.133 e. The third-order valence-corrected chi connectivity index (χ3v) is 7.55. The van der Waals surface area contributed by atoms with E-state index in [-0.39, 0.29) is 0 Å². The van der Waals surface area contributed by atoms with E-state index in [1.165, 1.54) is 55.0 Å². The van der Waals surface area contributed by atoms with Gasteiger partial charge in [0.2, 0.25) is 0 Å². The third-order valence-electron chi connectivity index (χ3n) is 7.55. The lowest BCUT2D eigenvalue weighted by Gasteiger charge is -2.42. The Balaban J connectivity index is 1.42. The molecule has 0 aromatic carbocycles. The van der Waals surface area contributed by atoms with Gasteiger partial charge in [0.05, 0.1) is 0 Å². The van der Waals surface area contributed by atoms with Gasteiger partial charge in [-0.15, -0.1) is 0 Å². The Morgan fingerprint density at radius 1 is 0.812 bits per heavy atom. The number of piperidine rings is 1. The van der Waals surface area contributed by atoms with E-state index in [9.17, 15) is 0 Å². The molecule has 0 spiro atoms. The van der Waals surface area contributed by atoms with Gasteiger partial charge in [-0.25, -0.2) is 9.97 Å². The van der Waals surface area contributed by atoms with E-state index < -0.39 is 0 Å². The molecule has 2 unspecified atom stereocenters. The van der Waals surface area contributed by atoms with Crippen LogP contribution in [0, 0.1) is 6.92 Å². The maximum absolute atomic E-state index is 5.19. The molecule has 2 aromatic rings. The second-order valence-corrected chi connectivity index (χ2v) is 9.91. The fourth-order valence-corrected chi connectivity index (χ4v) is 5.70. The summed E-state index contributed by atoms with van der Waals surface area (Å²) < 4.78 is 0. The van der Waals surface area contributed by atoms with Gasteiger partial charge in [0.1, 0.15) is 17.5 Å². The van der Waals surface area contributed by atoms with Crippen LogP contribution in [0.3, 0.4) is 0 Å². The first kappa shape index (κ1) is 21.4. The summed E-state index contributed by atoms with van der Waals surface area (Å²) in [5.74, 6) is 3.48. The Bertz CT molecular complexity index is 924. The van der Waals surface area contributed by atoms with Crippen molar-refractivity contribution in [1.82, 2.24) is 9.97 Å². The summed E-state index contributed by atoms with van der Waals surface area (Å²) in [5.41, 5.74) is 2.59. The van der Waals surface area contributed by atoms with Crippen molar-refractivity contribution >= 4 is 23.1 Å². The Labute approximate surface area is 193 Å². The maximum Gasteiger partial charge on any atom is 0.133 e. The lowest BCUT2D eigenvalue weighted by molar-refractivity contribution is 0.545. The topological polar surface area (TPSA) is 38.7 Å². The molecular formula is C26H38N6. The number of aryl methyl sites for hydroxylation is 1. The van der Waals surface area contributed by atoms with Crippen LogP contribution in [0.4, 0.5) is 23.1 Å². The zero-order valence-corrected chi connectivity index (χ0v) is 20.0. The Hall–Kier alpha value is -2.50. The number of hydrogen-bond donors (Lipinski definition) is 0. The molecule has 5 rings (SSSR count). The molecule has 3 fully saturated rings. The summed E-state index contributed by atoms with van der Waals surface area (Å²) in [6.45, 7) is 13.3. The highest BCUT2D eigenvalue weighted by Crippen LogP contribution is 2.33. The SMILES string of the molecule is Cc1cccnc1N1CCN(c2cc(N3CCCCC3)nc(N3CCCC3C)c2)C(C)C1. The fourth-order valence-electron chi connectivity index (χ4n) is 5.70.